The maximum atomic E-state index is 5.96. The molecule has 1 aromatic heterocycles. The molecule has 2 aromatic carbocycles. The van der Waals surface area contributed by atoms with Gasteiger partial charge in [-0.25, -0.2) is 0 Å². The maximum Gasteiger partial charge on any atom is 0.0704 e. The van der Waals surface area contributed by atoms with Crippen molar-refractivity contribution in [3.63, 3.8) is 0 Å². The minimum Gasteiger partial charge on any atom is -0.324 e. The fourth-order valence-corrected chi connectivity index (χ4v) is 2.52. The van der Waals surface area contributed by atoms with Gasteiger partial charge in [0.2, 0.25) is 0 Å². The summed E-state index contributed by atoms with van der Waals surface area (Å²) in [6.45, 7) is 2.01. The Labute approximate surface area is 119 Å². The molecule has 0 bridgehead atoms. The lowest BCUT2D eigenvalue weighted by Crippen LogP contribution is -2.05. The van der Waals surface area contributed by atoms with E-state index in [1.165, 1.54) is 22.1 Å². The van der Waals surface area contributed by atoms with Gasteiger partial charge in [0.05, 0.1) is 5.52 Å². The summed E-state index contributed by atoms with van der Waals surface area (Å²) in [4.78, 5) is 4.41. The zero-order valence-corrected chi connectivity index (χ0v) is 11.6. The molecule has 3 aromatic rings. The maximum absolute atomic E-state index is 5.96. The number of pyridine rings is 1. The number of fused-ring (bicyclic) bond motifs is 1. The lowest BCUT2D eigenvalue weighted by Gasteiger charge is -2.10. The van der Waals surface area contributed by atoms with E-state index in [1.807, 2.05) is 19.2 Å². The molecule has 1 unspecified atom stereocenters. The van der Waals surface area contributed by atoms with Crippen LogP contribution in [0.4, 0.5) is 0 Å². The van der Waals surface area contributed by atoms with Gasteiger partial charge in [-0.1, -0.05) is 42.5 Å². The molecule has 2 heteroatoms. The molecule has 0 radical (unpaired) electrons. The van der Waals surface area contributed by atoms with Gasteiger partial charge in [0.25, 0.3) is 0 Å². The van der Waals surface area contributed by atoms with Gasteiger partial charge in [-0.05, 0) is 42.2 Å². The highest BCUT2D eigenvalue weighted by Gasteiger charge is 2.05. The van der Waals surface area contributed by atoms with Crippen LogP contribution < -0.4 is 5.73 Å². The van der Waals surface area contributed by atoms with Crippen LogP contribution in [0.2, 0.25) is 0 Å². The van der Waals surface area contributed by atoms with E-state index in [1.54, 1.807) is 0 Å². The van der Waals surface area contributed by atoms with Gasteiger partial charge < -0.3 is 5.73 Å². The van der Waals surface area contributed by atoms with Crippen molar-refractivity contribution >= 4 is 10.9 Å². The van der Waals surface area contributed by atoms with Crippen LogP contribution in [0.3, 0.4) is 0 Å². The summed E-state index contributed by atoms with van der Waals surface area (Å²) in [6.07, 6.45) is 2.79. The number of nitrogens with two attached hydrogens (primary N) is 1. The van der Waals surface area contributed by atoms with E-state index >= 15 is 0 Å². The molecule has 100 valence electrons. The second kappa shape index (κ2) is 5.43. The molecule has 0 spiro atoms. The Bertz CT molecular complexity index is 727. The van der Waals surface area contributed by atoms with Crippen molar-refractivity contribution in [1.82, 2.24) is 4.98 Å². The van der Waals surface area contributed by atoms with Crippen LogP contribution in [-0.2, 0) is 6.42 Å². The topological polar surface area (TPSA) is 38.9 Å². The normalized spacial score (nSPS) is 12.5. The first kappa shape index (κ1) is 12.8. The van der Waals surface area contributed by atoms with Crippen LogP contribution in [0.5, 0.6) is 0 Å². The van der Waals surface area contributed by atoms with E-state index in [9.17, 15) is 0 Å². The number of benzene rings is 2. The first-order chi connectivity index (χ1) is 9.74. The number of rotatable bonds is 3. The second-order valence-electron chi connectivity index (χ2n) is 5.20. The molecule has 0 aliphatic heterocycles. The van der Waals surface area contributed by atoms with E-state index in [0.717, 1.165) is 11.9 Å². The van der Waals surface area contributed by atoms with Gasteiger partial charge in [0, 0.05) is 17.6 Å². The van der Waals surface area contributed by atoms with Gasteiger partial charge in [0.1, 0.15) is 0 Å². The van der Waals surface area contributed by atoms with Crippen LogP contribution >= 0.6 is 0 Å². The van der Waals surface area contributed by atoms with Crippen molar-refractivity contribution in [3.8, 4) is 0 Å². The van der Waals surface area contributed by atoms with Crippen molar-refractivity contribution in [2.24, 2.45) is 5.73 Å². The molecule has 0 aliphatic carbocycles. The largest absolute Gasteiger partial charge is 0.324 e. The summed E-state index contributed by atoms with van der Waals surface area (Å²) >= 11 is 0. The lowest BCUT2D eigenvalue weighted by molar-refractivity contribution is 0.816. The third-order valence-electron chi connectivity index (χ3n) is 3.61. The highest BCUT2D eigenvalue weighted by Crippen LogP contribution is 2.21. The zero-order valence-electron chi connectivity index (χ0n) is 11.6. The molecule has 0 fully saturated rings. The van der Waals surface area contributed by atoms with E-state index in [0.29, 0.717) is 0 Å². The number of hydrogen-bond donors (Lipinski definition) is 1. The Hall–Kier alpha value is -2.19. The third-order valence-corrected chi connectivity index (χ3v) is 3.61. The summed E-state index contributed by atoms with van der Waals surface area (Å²) in [5, 5.41) is 1.22. The van der Waals surface area contributed by atoms with E-state index in [-0.39, 0.29) is 6.04 Å². The molecule has 0 aliphatic rings. The predicted octanol–water partition coefficient (Wildman–Crippen LogP) is 3.85. The number of nitrogens with zero attached hydrogens (tertiary/aromatic N) is 1. The van der Waals surface area contributed by atoms with Crippen molar-refractivity contribution in [3.05, 3.63) is 77.5 Å². The standard InChI is InChI=1S/C18H18N2/c1-13(19)15-6-4-5-14(11-15)12-16-9-10-20-18-8-3-2-7-17(16)18/h2-11,13H,12,19H2,1H3. The molecule has 3 rings (SSSR count). The molecule has 1 atom stereocenters. The van der Waals surface area contributed by atoms with Crippen LogP contribution in [0.1, 0.15) is 29.7 Å². The summed E-state index contributed by atoms with van der Waals surface area (Å²) in [7, 11) is 0. The van der Waals surface area contributed by atoms with Crippen LogP contribution in [-0.4, -0.2) is 4.98 Å². The molecule has 2 nitrogen and oxygen atoms in total. The number of para-hydroxylation sites is 1. The van der Waals surface area contributed by atoms with E-state index < -0.39 is 0 Å². The molecular weight excluding hydrogens is 244 g/mol. The SMILES string of the molecule is CC(N)c1cccc(Cc2ccnc3ccccc23)c1. The van der Waals surface area contributed by atoms with Gasteiger partial charge in [-0.2, -0.15) is 0 Å². The number of hydrogen-bond acceptors (Lipinski definition) is 2. The second-order valence-corrected chi connectivity index (χ2v) is 5.20. The zero-order chi connectivity index (χ0) is 13.9. The van der Waals surface area contributed by atoms with Gasteiger partial charge in [-0.15, -0.1) is 0 Å². The average Bonchev–Trinajstić information content (AvgIpc) is 2.48. The van der Waals surface area contributed by atoms with Crippen molar-refractivity contribution in [2.75, 3.05) is 0 Å². The van der Waals surface area contributed by atoms with Crippen LogP contribution in [0.15, 0.2) is 60.8 Å². The summed E-state index contributed by atoms with van der Waals surface area (Å²) in [5.74, 6) is 0. The number of aromatic nitrogens is 1. The van der Waals surface area contributed by atoms with Crippen LogP contribution in [0, 0.1) is 0 Å². The van der Waals surface area contributed by atoms with E-state index in [4.69, 9.17) is 5.73 Å². The Morgan fingerprint density at radius 3 is 2.75 bits per heavy atom. The quantitative estimate of drug-likeness (QED) is 0.778. The van der Waals surface area contributed by atoms with Gasteiger partial charge >= 0.3 is 0 Å². The fourth-order valence-electron chi connectivity index (χ4n) is 2.52. The molecule has 2 N–H and O–H groups in total. The third kappa shape index (κ3) is 2.56. The first-order valence-corrected chi connectivity index (χ1v) is 6.91. The minimum atomic E-state index is 0.0733. The smallest absolute Gasteiger partial charge is 0.0704 e. The van der Waals surface area contributed by atoms with Crippen molar-refractivity contribution in [1.29, 1.82) is 0 Å². The van der Waals surface area contributed by atoms with Gasteiger partial charge in [0.15, 0.2) is 0 Å². The molecule has 0 saturated heterocycles. The van der Waals surface area contributed by atoms with Gasteiger partial charge in [-0.3, -0.25) is 4.98 Å². The molecule has 1 heterocycles. The Kier molecular flexibility index (Phi) is 3.48. The van der Waals surface area contributed by atoms with Crippen molar-refractivity contribution < 1.29 is 0 Å². The Morgan fingerprint density at radius 2 is 1.90 bits per heavy atom. The first-order valence-electron chi connectivity index (χ1n) is 6.91. The Morgan fingerprint density at radius 1 is 1.05 bits per heavy atom. The predicted molar refractivity (Wildman–Crippen MR) is 83.6 cm³/mol. The molecule has 20 heavy (non-hydrogen) atoms. The summed E-state index contributed by atoms with van der Waals surface area (Å²) in [6, 6.07) is 19.0. The highest BCUT2D eigenvalue weighted by molar-refractivity contribution is 5.82. The van der Waals surface area contributed by atoms with E-state index in [2.05, 4.69) is 53.5 Å². The minimum absolute atomic E-state index is 0.0733. The highest BCUT2D eigenvalue weighted by atomic mass is 14.6. The monoisotopic (exact) mass is 262 g/mol. The average molecular weight is 262 g/mol. The summed E-state index contributed by atoms with van der Waals surface area (Å²) < 4.78 is 0. The lowest BCUT2D eigenvalue weighted by atomic mass is 9.98. The Balaban J connectivity index is 1.99. The molecular formula is C18H18N2. The molecule has 0 amide bonds. The molecule has 0 saturated carbocycles. The fraction of sp³-hybridized carbons (Fsp3) is 0.167. The van der Waals surface area contributed by atoms with Crippen molar-refractivity contribution in [2.45, 2.75) is 19.4 Å². The summed E-state index contributed by atoms with van der Waals surface area (Å²) in [5.41, 5.74) is 10.8. The van der Waals surface area contributed by atoms with Crippen LogP contribution in [0.25, 0.3) is 10.9 Å².